The Bertz CT molecular complexity index is 518. The number of halogens is 2. The third-order valence-electron chi connectivity index (χ3n) is 1.95. The summed E-state index contributed by atoms with van der Waals surface area (Å²) in [5.41, 5.74) is 12.4. The molecule has 4 N–H and O–H groups in total. The van der Waals surface area contributed by atoms with Crippen molar-refractivity contribution >= 4 is 52.4 Å². The molecule has 1 heterocycles. The van der Waals surface area contributed by atoms with Gasteiger partial charge in [-0.05, 0) is 24.3 Å². The summed E-state index contributed by atoms with van der Waals surface area (Å²) in [5.74, 6) is 0.649. The standard InChI is InChI=1S/C11H11N5.BrH.ClH/c12-10-7-6-9(11(13)14-10)16-15-8-4-2-1-3-5-8;;/h1-7H,(H4,12,13,14);2*1H/b16-15+;;. The first-order valence-electron chi connectivity index (χ1n) is 4.74. The second-order valence-corrected chi connectivity index (χ2v) is 3.18. The van der Waals surface area contributed by atoms with E-state index in [4.69, 9.17) is 11.5 Å². The van der Waals surface area contributed by atoms with Crippen molar-refractivity contribution in [1.82, 2.24) is 4.98 Å². The van der Waals surface area contributed by atoms with Gasteiger partial charge in [-0.3, -0.25) is 0 Å². The first kappa shape index (κ1) is 16.3. The van der Waals surface area contributed by atoms with Crippen LogP contribution in [0.2, 0.25) is 0 Å². The van der Waals surface area contributed by atoms with E-state index in [-0.39, 0.29) is 35.2 Å². The molecule has 0 bridgehead atoms. The predicted octanol–water partition coefficient (Wildman–Crippen LogP) is 3.66. The number of nitrogens with zero attached hydrogens (tertiary/aromatic N) is 3. The van der Waals surface area contributed by atoms with Crippen molar-refractivity contribution in [3.63, 3.8) is 0 Å². The lowest BCUT2D eigenvalue weighted by Gasteiger charge is -1.98. The van der Waals surface area contributed by atoms with E-state index in [0.29, 0.717) is 11.5 Å². The molecule has 0 fully saturated rings. The van der Waals surface area contributed by atoms with Gasteiger partial charge in [-0.2, -0.15) is 5.11 Å². The number of nitrogens with two attached hydrogens (primary N) is 2. The van der Waals surface area contributed by atoms with E-state index in [1.54, 1.807) is 12.1 Å². The van der Waals surface area contributed by atoms with Gasteiger partial charge >= 0.3 is 0 Å². The van der Waals surface area contributed by atoms with Crippen LogP contribution in [0.5, 0.6) is 0 Å². The van der Waals surface area contributed by atoms with Crippen LogP contribution < -0.4 is 11.5 Å². The summed E-state index contributed by atoms with van der Waals surface area (Å²) >= 11 is 0. The molecule has 0 aliphatic rings. The van der Waals surface area contributed by atoms with Gasteiger partial charge < -0.3 is 11.5 Å². The Balaban J connectivity index is 0.00000144. The highest BCUT2D eigenvalue weighted by Gasteiger charge is 1.98. The Kier molecular flexibility index (Phi) is 6.92. The fourth-order valence-corrected chi connectivity index (χ4v) is 1.17. The number of benzene rings is 1. The normalized spacial score (nSPS) is 9.56. The van der Waals surface area contributed by atoms with Gasteiger partial charge in [-0.1, -0.05) is 18.2 Å². The van der Waals surface area contributed by atoms with Crippen molar-refractivity contribution in [3.05, 3.63) is 42.5 Å². The van der Waals surface area contributed by atoms with Gasteiger partial charge in [0.05, 0.1) is 5.69 Å². The summed E-state index contributed by atoms with van der Waals surface area (Å²) in [6.07, 6.45) is 0. The fraction of sp³-hybridized carbons (Fsp3) is 0. The van der Waals surface area contributed by atoms with Gasteiger partial charge in [-0.15, -0.1) is 34.5 Å². The van der Waals surface area contributed by atoms with E-state index in [0.717, 1.165) is 5.69 Å². The van der Waals surface area contributed by atoms with E-state index in [9.17, 15) is 0 Å². The van der Waals surface area contributed by atoms with Crippen LogP contribution in [-0.4, -0.2) is 4.98 Å². The van der Waals surface area contributed by atoms with Crippen molar-refractivity contribution in [2.75, 3.05) is 11.5 Å². The molecule has 0 saturated heterocycles. The van der Waals surface area contributed by atoms with E-state index in [1.807, 2.05) is 30.3 Å². The summed E-state index contributed by atoms with van der Waals surface area (Å²) in [7, 11) is 0. The molecule has 2 aromatic rings. The first-order valence-corrected chi connectivity index (χ1v) is 4.74. The second-order valence-electron chi connectivity index (χ2n) is 3.18. The summed E-state index contributed by atoms with van der Waals surface area (Å²) in [6.45, 7) is 0. The molecule has 1 aromatic heterocycles. The maximum absolute atomic E-state index is 5.64. The topological polar surface area (TPSA) is 89.6 Å². The van der Waals surface area contributed by atoms with Crippen molar-refractivity contribution in [3.8, 4) is 0 Å². The zero-order valence-corrected chi connectivity index (χ0v) is 11.9. The average Bonchev–Trinajstić information content (AvgIpc) is 2.29. The highest BCUT2D eigenvalue weighted by molar-refractivity contribution is 8.93. The van der Waals surface area contributed by atoms with Crippen LogP contribution in [0.25, 0.3) is 0 Å². The highest BCUT2D eigenvalue weighted by atomic mass is 79.9. The minimum Gasteiger partial charge on any atom is -0.384 e. The van der Waals surface area contributed by atoms with Crippen molar-refractivity contribution in [1.29, 1.82) is 0 Å². The second kappa shape index (κ2) is 7.62. The van der Waals surface area contributed by atoms with E-state index in [1.165, 1.54) is 0 Å². The van der Waals surface area contributed by atoms with Crippen LogP contribution in [0.1, 0.15) is 0 Å². The van der Waals surface area contributed by atoms with Crippen LogP contribution in [0, 0.1) is 0 Å². The summed E-state index contributed by atoms with van der Waals surface area (Å²) in [6, 6.07) is 12.7. The molecule has 5 nitrogen and oxygen atoms in total. The van der Waals surface area contributed by atoms with Crippen LogP contribution in [0.3, 0.4) is 0 Å². The first-order chi connectivity index (χ1) is 7.75. The summed E-state index contributed by atoms with van der Waals surface area (Å²) in [5, 5.41) is 8.03. The lowest BCUT2D eigenvalue weighted by Crippen LogP contribution is -1.95. The van der Waals surface area contributed by atoms with Crippen LogP contribution in [0.15, 0.2) is 52.7 Å². The lowest BCUT2D eigenvalue weighted by atomic mass is 10.3. The smallest absolute Gasteiger partial charge is 0.153 e. The van der Waals surface area contributed by atoms with E-state index in [2.05, 4.69) is 15.2 Å². The van der Waals surface area contributed by atoms with Gasteiger partial charge in [0.25, 0.3) is 0 Å². The molecular weight excluding hydrogens is 318 g/mol. The molecule has 0 aliphatic carbocycles. The third kappa shape index (κ3) is 4.31. The molecule has 0 atom stereocenters. The molecule has 7 heteroatoms. The number of aromatic nitrogens is 1. The molecule has 18 heavy (non-hydrogen) atoms. The van der Waals surface area contributed by atoms with Gasteiger partial charge in [0.1, 0.15) is 11.5 Å². The lowest BCUT2D eigenvalue weighted by molar-refractivity contribution is 1.21. The zero-order chi connectivity index (χ0) is 11.4. The summed E-state index contributed by atoms with van der Waals surface area (Å²) in [4.78, 5) is 3.89. The number of hydrogen-bond acceptors (Lipinski definition) is 5. The van der Waals surface area contributed by atoms with E-state index >= 15 is 0 Å². The Morgan fingerprint density at radius 2 is 1.56 bits per heavy atom. The van der Waals surface area contributed by atoms with Gasteiger partial charge in [0.15, 0.2) is 5.82 Å². The SMILES string of the molecule is Br.Cl.Nc1ccc(/N=N/c2ccccc2)c(N)n1. The van der Waals surface area contributed by atoms with Gasteiger partial charge in [-0.25, -0.2) is 4.98 Å². The molecule has 2 rings (SSSR count). The van der Waals surface area contributed by atoms with Gasteiger partial charge in [0, 0.05) is 0 Å². The molecule has 0 radical (unpaired) electrons. The molecule has 0 amide bonds. The molecule has 0 spiro atoms. The number of hydrogen-bond donors (Lipinski definition) is 2. The number of nitrogen functional groups attached to an aromatic ring is 2. The van der Waals surface area contributed by atoms with Crippen LogP contribution in [0.4, 0.5) is 23.0 Å². The van der Waals surface area contributed by atoms with Crippen LogP contribution >= 0.6 is 29.4 Å². The molecular formula is C11H13BrClN5. The Hall–Kier alpha value is -1.66. The summed E-state index contributed by atoms with van der Waals surface area (Å²) < 4.78 is 0. The maximum Gasteiger partial charge on any atom is 0.153 e. The molecule has 96 valence electrons. The Morgan fingerprint density at radius 1 is 0.889 bits per heavy atom. The number of rotatable bonds is 2. The fourth-order valence-electron chi connectivity index (χ4n) is 1.17. The third-order valence-corrected chi connectivity index (χ3v) is 1.95. The number of azo groups is 1. The minimum absolute atomic E-state index is 0. The largest absolute Gasteiger partial charge is 0.384 e. The maximum atomic E-state index is 5.64. The van der Waals surface area contributed by atoms with Crippen molar-refractivity contribution in [2.24, 2.45) is 10.2 Å². The number of pyridine rings is 1. The average molecular weight is 331 g/mol. The Morgan fingerprint density at radius 3 is 2.17 bits per heavy atom. The highest BCUT2D eigenvalue weighted by Crippen LogP contribution is 2.23. The Labute approximate surface area is 122 Å². The van der Waals surface area contributed by atoms with Crippen molar-refractivity contribution < 1.29 is 0 Å². The zero-order valence-electron chi connectivity index (χ0n) is 9.35. The van der Waals surface area contributed by atoms with Crippen molar-refractivity contribution in [2.45, 2.75) is 0 Å². The molecule has 0 unspecified atom stereocenters. The molecule has 0 aliphatic heterocycles. The minimum atomic E-state index is 0. The predicted molar refractivity (Wildman–Crippen MR) is 81.2 cm³/mol. The molecule has 1 aromatic carbocycles. The monoisotopic (exact) mass is 329 g/mol. The molecule has 0 saturated carbocycles. The quantitative estimate of drug-likeness (QED) is 0.823. The van der Waals surface area contributed by atoms with Crippen LogP contribution in [-0.2, 0) is 0 Å². The van der Waals surface area contributed by atoms with E-state index < -0.39 is 0 Å². The number of anilines is 2. The van der Waals surface area contributed by atoms with Gasteiger partial charge in [0.2, 0.25) is 0 Å².